The van der Waals surface area contributed by atoms with Crippen molar-refractivity contribution in [1.29, 1.82) is 0 Å². The van der Waals surface area contributed by atoms with Crippen molar-refractivity contribution >= 4 is 11.6 Å². The van der Waals surface area contributed by atoms with Gasteiger partial charge in [-0.3, -0.25) is 4.79 Å². The number of carbonyl (C=O) groups is 1. The first-order valence-electron chi connectivity index (χ1n) is 6.71. The van der Waals surface area contributed by atoms with E-state index in [9.17, 15) is 4.79 Å². The first-order valence-corrected chi connectivity index (χ1v) is 6.71. The standard InChI is InChI=1S/C15H22N2O/c1-10-6-7-12(8-10)9-17-15(18)14-11(2)4-3-5-13(14)16/h3-5,10,12H,6-9,16H2,1-2H3,(H,17,18). The molecule has 0 aliphatic heterocycles. The van der Waals surface area contributed by atoms with Gasteiger partial charge in [-0.2, -0.15) is 0 Å². The summed E-state index contributed by atoms with van der Waals surface area (Å²) in [6.45, 7) is 4.97. The highest BCUT2D eigenvalue weighted by Gasteiger charge is 2.22. The van der Waals surface area contributed by atoms with Crippen LogP contribution in [-0.4, -0.2) is 12.5 Å². The molecule has 1 saturated carbocycles. The Labute approximate surface area is 109 Å². The third-order valence-electron chi connectivity index (χ3n) is 3.89. The number of nitrogens with one attached hydrogen (secondary N) is 1. The second kappa shape index (κ2) is 5.42. The molecule has 1 amide bonds. The van der Waals surface area contributed by atoms with Crippen molar-refractivity contribution in [3.63, 3.8) is 0 Å². The monoisotopic (exact) mass is 246 g/mol. The number of rotatable bonds is 3. The molecular weight excluding hydrogens is 224 g/mol. The van der Waals surface area contributed by atoms with Crippen molar-refractivity contribution < 1.29 is 4.79 Å². The normalized spacial score (nSPS) is 23.0. The van der Waals surface area contributed by atoms with Gasteiger partial charge in [-0.25, -0.2) is 0 Å². The topological polar surface area (TPSA) is 55.1 Å². The fraction of sp³-hybridized carbons (Fsp3) is 0.533. The van der Waals surface area contributed by atoms with E-state index in [1.54, 1.807) is 6.07 Å². The third kappa shape index (κ3) is 2.84. The predicted molar refractivity (Wildman–Crippen MR) is 74.4 cm³/mol. The number of amides is 1. The zero-order valence-corrected chi connectivity index (χ0v) is 11.2. The lowest BCUT2D eigenvalue weighted by molar-refractivity contribution is 0.0947. The molecule has 0 heterocycles. The molecule has 18 heavy (non-hydrogen) atoms. The Bertz CT molecular complexity index is 422. The van der Waals surface area contributed by atoms with Crippen molar-refractivity contribution in [2.75, 3.05) is 12.3 Å². The van der Waals surface area contributed by atoms with Gasteiger partial charge in [0.25, 0.3) is 5.91 Å². The Morgan fingerprint density at radius 2 is 2.22 bits per heavy atom. The Morgan fingerprint density at radius 1 is 1.44 bits per heavy atom. The molecule has 0 aromatic heterocycles. The third-order valence-corrected chi connectivity index (χ3v) is 3.89. The second-order valence-electron chi connectivity index (χ2n) is 5.53. The van der Waals surface area contributed by atoms with Crippen LogP contribution in [-0.2, 0) is 0 Å². The van der Waals surface area contributed by atoms with Gasteiger partial charge >= 0.3 is 0 Å². The van der Waals surface area contributed by atoms with Crippen LogP contribution in [0.5, 0.6) is 0 Å². The van der Waals surface area contributed by atoms with Crippen LogP contribution in [0.4, 0.5) is 5.69 Å². The molecule has 1 aromatic rings. The van der Waals surface area contributed by atoms with Crippen LogP contribution in [0.15, 0.2) is 18.2 Å². The van der Waals surface area contributed by atoms with Crippen LogP contribution in [0.1, 0.15) is 42.1 Å². The highest BCUT2D eigenvalue weighted by atomic mass is 16.1. The summed E-state index contributed by atoms with van der Waals surface area (Å²) < 4.78 is 0. The van der Waals surface area contributed by atoms with Gasteiger partial charge in [-0.1, -0.05) is 25.5 Å². The maximum absolute atomic E-state index is 12.1. The SMILES string of the molecule is Cc1cccc(N)c1C(=O)NCC1CCC(C)C1. The molecule has 0 bridgehead atoms. The van der Waals surface area contributed by atoms with Crippen LogP contribution in [0.2, 0.25) is 0 Å². The van der Waals surface area contributed by atoms with E-state index in [1.807, 2.05) is 19.1 Å². The lowest BCUT2D eigenvalue weighted by Crippen LogP contribution is -2.29. The average Bonchev–Trinajstić information content (AvgIpc) is 2.72. The summed E-state index contributed by atoms with van der Waals surface area (Å²) in [5.74, 6) is 1.40. The lowest BCUT2D eigenvalue weighted by Gasteiger charge is -2.13. The van der Waals surface area contributed by atoms with E-state index in [0.717, 1.165) is 18.0 Å². The zero-order chi connectivity index (χ0) is 13.1. The first kappa shape index (κ1) is 12.9. The Balaban J connectivity index is 1.96. The van der Waals surface area contributed by atoms with Gasteiger partial charge in [-0.05, 0) is 43.2 Å². The number of anilines is 1. The van der Waals surface area contributed by atoms with Crippen LogP contribution in [0.3, 0.4) is 0 Å². The minimum absolute atomic E-state index is 0.0369. The molecule has 0 radical (unpaired) electrons. The number of carbonyl (C=O) groups excluding carboxylic acids is 1. The van der Waals surface area contributed by atoms with E-state index in [2.05, 4.69) is 12.2 Å². The van der Waals surface area contributed by atoms with E-state index in [0.29, 0.717) is 17.2 Å². The van der Waals surface area contributed by atoms with Crippen LogP contribution < -0.4 is 11.1 Å². The number of nitrogen functional groups attached to an aromatic ring is 1. The Kier molecular flexibility index (Phi) is 3.90. The Hall–Kier alpha value is -1.51. The minimum atomic E-state index is -0.0369. The van der Waals surface area contributed by atoms with Crippen molar-refractivity contribution in [2.45, 2.75) is 33.1 Å². The summed E-state index contributed by atoms with van der Waals surface area (Å²) >= 11 is 0. The van der Waals surface area contributed by atoms with Crippen molar-refractivity contribution in [3.8, 4) is 0 Å². The quantitative estimate of drug-likeness (QED) is 0.806. The highest BCUT2D eigenvalue weighted by Crippen LogP contribution is 2.29. The fourth-order valence-corrected chi connectivity index (χ4v) is 2.84. The Morgan fingerprint density at radius 3 is 2.83 bits per heavy atom. The molecular formula is C15H22N2O. The molecule has 1 aliphatic rings. The molecule has 2 rings (SSSR count). The molecule has 2 unspecified atom stereocenters. The number of aryl methyl sites for hydroxylation is 1. The number of nitrogens with two attached hydrogens (primary N) is 1. The predicted octanol–water partition coefficient (Wildman–Crippen LogP) is 2.74. The smallest absolute Gasteiger partial charge is 0.253 e. The molecule has 1 fully saturated rings. The van der Waals surface area contributed by atoms with E-state index in [4.69, 9.17) is 5.73 Å². The molecule has 1 aliphatic carbocycles. The largest absolute Gasteiger partial charge is 0.398 e. The molecule has 0 saturated heterocycles. The number of hydrogen-bond donors (Lipinski definition) is 2. The first-order chi connectivity index (χ1) is 8.58. The maximum Gasteiger partial charge on any atom is 0.253 e. The number of benzene rings is 1. The molecule has 2 atom stereocenters. The van der Waals surface area contributed by atoms with Crippen molar-refractivity contribution in [2.24, 2.45) is 11.8 Å². The van der Waals surface area contributed by atoms with Gasteiger partial charge in [0.05, 0.1) is 5.56 Å². The van der Waals surface area contributed by atoms with Crippen LogP contribution >= 0.6 is 0 Å². The molecule has 98 valence electrons. The zero-order valence-electron chi connectivity index (χ0n) is 11.2. The summed E-state index contributed by atoms with van der Waals surface area (Å²) in [6.07, 6.45) is 3.74. The number of hydrogen-bond acceptors (Lipinski definition) is 2. The molecule has 0 spiro atoms. The maximum atomic E-state index is 12.1. The summed E-state index contributed by atoms with van der Waals surface area (Å²) in [4.78, 5) is 12.1. The second-order valence-corrected chi connectivity index (χ2v) is 5.53. The molecule has 3 N–H and O–H groups in total. The van der Waals surface area contributed by atoms with Crippen LogP contribution in [0.25, 0.3) is 0 Å². The van der Waals surface area contributed by atoms with Crippen LogP contribution in [0, 0.1) is 18.8 Å². The van der Waals surface area contributed by atoms with Gasteiger partial charge in [0.2, 0.25) is 0 Å². The molecule has 1 aromatic carbocycles. The average molecular weight is 246 g/mol. The van der Waals surface area contributed by atoms with E-state index < -0.39 is 0 Å². The van der Waals surface area contributed by atoms with E-state index in [1.165, 1.54) is 19.3 Å². The van der Waals surface area contributed by atoms with Gasteiger partial charge in [-0.15, -0.1) is 0 Å². The summed E-state index contributed by atoms with van der Waals surface area (Å²) in [5, 5.41) is 3.02. The minimum Gasteiger partial charge on any atom is -0.398 e. The summed E-state index contributed by atoms with van der Waals surface area (Å²) in [6, 6.07) is 5.57. The molecule has 3 nitrogen and oxygen atoms in total. The summed E-state index contributed by atoms with van der Waals surface area (Å²) in [5.41, 5.74) is 8.00. The van der Waals surface area contributed by atoms with E-state index in [-0.39, 0.29) is 5.91 Å². The van der Waals surface area contributed by atoms with Gasteiger partial charge < -0.3 is 11.1 Å². The van der Waals surface area contributed by atoms with Crippen molar-refractivity contribution in [3.05, 3.63) is 29.3 Å². The highest BCUT2D eigenvalue weighted by molar-refractivity contribution is 6.00. The van der Waals surface area contributed by atoms with Gasteiger partial charge in [0.1, 0.15) is 0 Å². The van der Waals surface area contributed by atoms with Gasteiger partial charge in [0.15, 0.2) is 0 Å². The lowest BCUT2D eigenvalue weighted by atomic mass is 10.0. The molecule has 3 heteroatoms. The van der Waals surface area contributed by atoms with E-state index >= 15 is 0 Å². The summed E-state index contributed by atoms with van der Waals surface area (Å²) in [7, 11) is 0. The fourth-order valence-electron chi connectivity index (χ4n) is 2.84. The van der Waals surface area contributed by atoms with Gasteiger partial charge in [0, 0.05) is 12.2 Å². The van der Waals surface area contributed by atoms with Crippen molar-refractivity contribution in [1.82, 2.24) is 5.32 Å².